The summed E-state index contributed by atoms with van der Waals surface area (Å²) in [5.74, 6) is 1.63. The number of hydrogen-bond acceptors (Lipinski definition) is 5. The molecule has 0 aliphatic carbocycles. The number of rotatable bonds is 16. The lowest BCUT2D eigenvalue weighted by molar-refractivity contribution is 0.103. The van der Waals surface area contributed by atoms with Crippen molar-refractivity contribution in [3.8, 4) is 5.75 Å². The predicted molar refractivity (Wildman–Crippen MR) is 187 cm³/mol. The monoisotopic (exact) mass is 635 g/mol. The minimum atomic E-state index is -1.92. The molecule has 8 heteroatoms. The first-order valence-electron chi connectivity index (χ1n) is 15.1. The van der Waals surface area contributed by atoms with Crippen LogP contribution in [-0.4, -0.2) is 51.7 Å². The van der Waals surface area contributed by atoms with Crippen molar-refractivity contribution < 1.29 is 22.9 Å². The summed E-state index contributed by atoms with van der Waals surface area (Å²) in [7, 11) is -3.20. The molecule has 1 amide bonds. The number of nitrogens with one attached hydrogen (secondary N) is 1. The third kappa shape index (κ3) is 11.3. The van der Waals surface area contributed by atoms with E-state index in [1.807, 2.05) is 93.6 Å². The standard InChI is InChI=1S/C36H49NO5SSi/c1-28(2)31-17-12-18-32(27-31)36(3,4)37-35(39)41-23-13-25-43(5,6)42-44(7,8)26-14-24-40-33-21-19-30(20-22-33)34(38)29-15-10-9-11-16-29/h9-12,15-22,27H,1,13-14,23-26H2,2-8H3,(H,37,39). The second-order valence-electron chi connectivity index (χ2n) is 12.8. The quantitative estimate of drug-likeness (QED) is 0.0966. The Morgan fingerprint density at radius 3 is 2.16 bits per heavy atom. The van der Waals surface area contributed by atoms with Crippen LogP contribution in [0.4, 0.5) is 4.79 Å². The lowest BCUT2D eigenvalue weighted by Crippen LogP contribution is -2.41. The molecule has 0 unspecified atom stereocenters. The second kappa shape index (κ2) is 15.6. The molecule has 0 heterocycles. The van der Waals surface area contributed by atoms with Crippen LogP contribution < -0.4 is 10.1 Å². The molecule has 44 heavy (non-hydrogen) atoms. The normalized spacial score (nSPS) is 12.3. The van der Waals surface area contributed by atoms with Crippen LogP contribution in [0.25, 0.3) is 5.57 Å². The minimum Gasteiger partial charge on any atom is -0.494 e. The van der Waals surface area contributed by atoms with E-state index < -0.39 is 30.3 Å². The number of carbonyl (C=O) groups is 2. The van der Waals surface area contributed by atoms with E-state index in [0.717, 1.165) is 47.1 Å². The molecule has 3 aromatic rings. The van der Waals surface area contributed by atoms with E-state index in [9.17, 15) is 9.59 Å². The summed E-state index contributed by atoms with van der Waals surface area (Å²) < 4.78 is 18.2. The lowest BCUT2D eigenvalue weighted by Gasteiger charge is -2.39. The van der Waals surface area contributed by atoms with Gasteiger partial charge in [-0.25, -0.2) is 4.79 Å². The highest BCUT2D eigenvalue weighted by molar-refractivity contribution is 8.29. The van der Waals surface area contributed by atoms with Crippen molar-refractivity contribution in [1.29, 1.82) is 0 Å². The summed E-state index contributed by atoms with van der Waals surface area (Å²) >= 11 is 0. The zero-order chi connectivity index (χ0) is 32.4. The van der Waals surface area contributed by atoms with Gasteiger partial charge in [0.1, 0.15) is 5.75 Å². The third-order valence-corrected chi connectivity index (χ3v) is 13.7. The van der Waals surface area contributed by atoms with Crippen LogP contribution in [0.3, 0.4) is 0 Å². The number of benzene rings is 3. The predicted octanol–water partition coefficient (Wildman–Crippen LogP) is 8.97. The minimum absolute atomic E-state index is 0.00613. The molecule has 3 aromatic carbocycles. The zero-order valence-corrected chi connectivity index (χ0v) is 29.2. The van der Waals surface area contributed by atoms with Gasteiger partial charge < -0.3 is 18.7 Å². The van der Waals surface area contributed by atoms with Gasteiger partial charge in [-0.1, -0.05) is 60.7 Å². The van der Waals surface area contributed by atoms with Gasteiger partial charge in [0, 0.05) is 16.9 Å². The van der Waals surface area contributed by atoms with Gasteiger partial charge in [0.15, 0.2) is 5.78 Å². The molecule has 3 rings (SSSR count). The molecule has 0 fully saturated rings. The number of amides is 1. The summed E-state index contributed by atoms with van der Waals surface area (Å²) in [6.07, 6.45) is 5.60. The van der Waals surface area contributed by atoms with Gasteiger partial charge in [0.25, 0.3) is 0 Å². The fraction of sp³-hybridized carbons (Fsp3) is 0.389. The van der Waals surface area contributed by atoms with E-state index in [1.165, 1.54) is 0 Å². The van der Waals surface area contributed by atoms with Gasteiger partial charge in [-0.15, -0.1) is 0 Å². The molecule has 0 saturated heterocycles. The van der Waals surface area contributed by atoms with E-state index >= 15 is 0 Å². The van der Waals surface area contributed by atoms with Crippen LogP contribution in [0.2, 0.25) is 19.1 Å². The van der Waals surface area contributed by atoms with E-state index in [0.29, 0.717) is 24.3 Å². The average molecular weight is 636 g/mol. The maximum absolute atomic E-state index is 12.6. The summed E-state index contributed by atoms with van der Waals surface area (Å²) in [5, 5.41) is 2.99. The maximum atomic E-state index is 12.6. The molecule has 0 aliphatic rings. The van der Waals surface area contributed by atoms with Crippen LogP contribution in [0.15, 0.2) is 85.4 Å². The Morgan fingerprint density at radius 2 is 1.50 bits per heavy atom. The number of ether oxygens (including phenoxy) is 2. The van der Waals surface area contributed by atoms with Crippen molar-refractivity contribution in [2.45, 2.75) is 58.3 Å². The summed E-state index contributed by atoms with van der Waals surface area (Å²) in [4.78, 5) is 25.2. The SMILES string of the molecule is C=C(C)c1cccc(C(C)(C)NC(=O)OCCCS(C)(C)O[Si](C)(C)CCCOc2ccc(C(=O)c3ccccc3)cc2)c1. The largest absolute Gasteiger partial charge is 0.494 e. The second-order valence-corrected chi connectivity index (χ2v) is 20.7. The van der Waals surface area contributed by atoms with Gasteiger partial charge in [-0.2, -0.15) is 10.3 Å². The Bertz CT molecular complexity index is 1400. The molecule has 0 atom stereocenters. The first-order chi connectivity index (χ1) is 20.7. The van der Waals surface area contributed by atoms with Crippen LogP contribution >= 0.6 is 10.3 Å². The molecular formula is C36H49NO5SSi. The molecule has 0 aliphatic heterocycles. The molecule has 0 bridgehead atoms. The van der Waals surface area contributed by atoms with E-state index in [-0.39, 0.29) is 5.78 Å². The Balaban J connectivity index is 1.35. The molecule has 0 spiro atoms. The summed E-state index contributed by atoms with van der Waals surface area (Å²) in [6, 6.07) is 25.6. The molecule has 0 aromatic heterocycles. The van der Waals surface area contributed by atoms with Crippen LogP contribution in [0, 0.1) is 0 Å². The van der Waals surface area contributed by atoms with Crippen LogP contribution in [0.5, 0.6) is 5.75 Å². The topological polar surface area (TPSA) is 73.9 Å². The van der Waals surface area contributed by atoms with Gasteiger partial charge in [0.2, 0.25) is 8.32 Å². The summed E-state index contributed by atoms with van der Waals surface area (Å²) in [5.41, 5.74) is 3.79. The maximum Gasteiger partial charge on any atom is 0.407 e. The smallest absolute Gasteiger partial charge is 0.407 e. The van der Waals surface area contributed by atoms with Gasteiger partial charge in [-0.05, 0) is 107 Å². The molecular weight excluding hydrogens is 587 g/mol. The van der Waals surface area contributed by atoms with Crippen molar-refractivity contribution >= 4 is 36.1 Å². The average Bonchev–Trinajstić information content (AvgIpc) is 2.97. The summed E-state index contributed by atoms with van der Waals surface area (Å²) in [6.45, 7) is 15.4. The first-order valence-corrected chi connectivity index (χ1v) is 20.8. The number of hydrogen-bond donors (Lipinski definition) is 1. The Morgan fingerprint density at radius 1 is 0.864 bits per heavy atom. The van der Waals surface area contributed by atoms with E-state index in [2.05, 4.69) is 43.6 Å². The van der Waals surface area contributed by atoms with Crippen LogP contribution in [0.1, 0.15) is 60.7 Å². The molecule has 6 nitrogen and oxygen atoms in total. The molecule has 238 valence electrons. The van der Waals surface area contributed by atoms with Gasteiger partial charge in [-0.3, -0.25) is 4.79 Å². The fourth-order valence-electron chi connectivity index (χ4n) is 4.95. The molecule has 0 saturated carbocycles. The zero-order valence-electron chi connectivity index (χ0n) is 27.4. The number of allylic oxidation sites excluding steroid dienone is 1. The highest BCUT2D eigenvalue weighted by atomic mass is 32.3. The van der Waals surface area contributed by atoms with E-state index in [4.69, 9.17) is 13.3 Å². The Hall–Kier alpha value is -3.33. The van der Waals surface area contributed by atoms with Crippen molar-refractivity contribution in [1.82, 2.24) is 5.32 Å². The van der Waals surface area contributed by atoms with Crippen molar-refractivity contribution in [2.24, 2.45) is 0 Å². The van der Waals surface area contributed by atoms with Crippen LogP contribution in [-0.2, 0) is 14.1 Å². The lowest BCUT2D eigenvalue weighted by atomic mass is 9.92. The molecule has 1 N–H and O–H groups in total. The number of carbonyl (C=O) groups excluding carboxylic acids is 2. The number of ketones is 1. The Kier molecular flexibility index (Phi) is 12.5. The third-order valence-electron chi connectivity index (χ3n) is 7.30. The highest BCUT2D eigenvalue weighted by Crippen LogP contribution is 2.45. The van der Waals surface area contributed by atoms with Crippen molar-refractivity contribution in [2.75, 3.05) is 31.5 Å². The van der Waals surface area contributed by atoms with E-state index in [1.54, 1.807) is 0 Å². The fourth-order valence-corrected chi connectivity index (χ4v) is 12.3. The highest BCUT2D eigenvalue weighted by Gasteiger charge is 2.29. The van der Waals surface area contributed by atoms with Gasteiger partial charge >= 0.3 is 6.09 Å². The van der Waals surface area contributed by atoms with Crippen molar-refractivity contribution in [3.05, 3.63) is 108 Å². The van der Waals surface area contributed by atoms with Crippen molar-refractivity contribution in [3.63, 3.8) is 0 Å². The number of alkyl carbamates (subject to hydrolysis) is 1. The van der Waals surface area contributed by atoms with Gasteiger partial charge in [0.05, 0.1) is 18.8 Å². The Labute approximate surface area is 266 Å². The first kappa shape index (κ1) is 35.1. The molecule has 0 radical (unpaired) electrons.